The standard InChI is InChI=1S/C18H29N3O2.ClH/c1-12(2)16(19)10-11-21(5)18(23)14-6-8-15(9-7-14)20-17(22)13(3)4;/h6-9,12-13,16H,10-11,19H2,1-5H3,(H,20,22);1H. The molecular weight excluding hydrogens is 326 g/mol. The Labute approximate surface area is 151 Å². The average molecular weight is 356 g/mol. The van der Waals surface area contributed by atoms with Crippen LogP contribution in [0.25, 0.3) is 0 Å². The van der Waals surface area contributed by atoms with Crippen LogP contribution in [-0.2, 0) is 4.79 Å². The molecule has 1 aromatic rings. The van der Waals surface area contributed by atoms with Crippen LogP contribution in [0.5, 0.6) is 0 Å². The molecule has 1 unspecified atom stereocenters. The molecule has 0 aliphatic carbocycles. The van der Waals surface area contributed by atoms with E-state index in [1.54, 1.807) is 36.2 Å². The molecule has 136 valence electrons. The Balaban J connectivity index is 0.00000529. The largest absolute Gasteiger partial charge is 0.342 e. The summed E-state index contributed by atoms with van der Waals surface area (Å²) >= 11 is 0. The molecule has 3 N–H and O–H groups in total. The lowest BCUT2D eigenvalue weighted by molar-refractivity contribution is -0.118. The third kappa shape index (κ3) is 6.89. The first-order valence-electron chi connectivity index (χ1n) is 8.14. The van der Waals surface area contributed by atoms with Gasteiger partial charge in [0.15, 0.2) is 0 Å². The van der Waals surface area contributed by atoms with E-state index in [2.05, 4.69) is 19.2 Å². The fourth-order valence-electron chi connectivity index (χ4n) is 1.98. The number of nitrogens with one attached hydrogen (secondary N) is 1. The smallest absolute Gasteiger partial charge is 0.253 e. The Hall–Kier alpha value is -1.59. The van der Waals surface area contributed by atoms with Gasteiger partial charge in [-0.1, -0.05) is 27.7 Å². The van der Waals surface area contributed by atoms with Gasteiger partial charge in [0.25, 0.3) is 5.91 Å². The number of halogens is 1. The summed E-state index contributed by atoms with van der Waals surface area (Å²) < 4.78 is 0. The minimum Gasteiger partial charge on any atom is -0.342 e. The summed E-state index contributed by atoms with van der Waals surface area (Å²) in [5.74, 6) is 0.251. The highest BCUT2D eigenvalue weighted by Gasteiger charge is 2.15. The Morgan fingerprint density at radius 2 is 1.67 bits per heavy atom. The van der Waals surface area contributed by atoms with Crippen LogP contribution < -0.4 is 11.1 Å². The van der Waals surface area contributed by atoms with Crippen molar-refractivity contribution >= 4 is 29.9 Å². The van der Waals surface area contributed by atoms with E-state index in [4.69, 9.17) is 5.73 Å². The van der Waals surface area contributed by atoms with Crippen LogP contribution in [0.3, 0.4) is 0 Å². The molecule has 0 aliphatic rings. The van der Waals surface area contributed by atoms with Gasteiger partial charge in [-0.2, -0.15) is 0 Å². The van der Waals surface area contributed by atoms with Gasteiger partial charge in [-0.05, 0) is 36.6 Å². The second kappa shape index (κ2) is 10.3. The average Bonchev–Trinajstić information content (AvgIpc) is 2.51. The van der Waals surface area contributed by atoms with E-state index in [-0.39, 0.29) is 36.2 Å². The summed E-state index contributed by atoms with van der Waals surface area (Å²) in [6, 6.07) is 7.07. The van der Waals surface area contributed by atoms with E-state index in [0.717, 1.165) is 6.42 Å². The first-order chi connectivity index (χ1) is 10.7. The van der Waals surface area contributed by atoms with Gasteiger partial charge in [-0.15, -0.1) is 12.4 Å². The molecule has 1 atom stereocenters. The molecular formula is C18H30ClN3O2. The third-order valence-corrected chi connectivity index (χ3v) is 3.92. The number of hydrogen-bond acceptors (Lipinski definition) is 3. The number of anilines is 1. The second-order valence-electron chi connectivity index (χ2n) is 6.64. The molecule has 24 heavy (non-hydrogen) atoms. The zero-order valence-electron chi connectivity index (χ0n) is 15.2. The molecule has 5 nitrogen and oxygen atoms in total. The summed E-state index contributed by atoms with van der Waals surface area (Å²) in [4.78, 5) is 25.7. The van der Waals surface area contributed by atoms with Crippen molar-refractivity contribution < 1.29 is 9.59 Å². The number of amides is 2. The van der Waals surface area contributed by atoms with Crippen LogP contribution in [0.15, 0.2) is 24.3 Å². The van der Waals surface area contributed by atoms with Crippen LogP contribution in [0.1, 0.15) is 44.5 Å². The Morgan fingerprint density at radius 1 is 1.12 bits per heavy atom. The van der Waals surface area contributed by atoms with E-state index in [0.29, 0.717) is 23.7 Å². The Kier molecular flexibility index (Phi) is 9.63. The van der Waals surface area contributed by atoms with Crippen LogP contribution in [-0.4, -0.2) is 36.3 Å². The highest BCUT2D eigenvalue weighted by atomic mass is 35.5. The van der Waals surface area contributed by atoms with Gasteiger partial charge < -0.3 is 16.0 Å². The van der Waals surface area contributed by atoms with Gasteiger partial charge in [-0.3, -0.25) is 9.59 Å². The first kappa shape index (κ1) is 22.4. The molecule has 0 aromatic heterocycles. The van der Waals surface area contributed by atoms with Crippen molar-refractivity contribution in [1.29, 1.82) is 0 Å². The van der Waals surface area contributed by atoms with Crippen molar-refractivity contribution in [3.05, 3.63) is 29.8 Å². The number of benzene rings is 1. The molecule has 0 bridgehead atoms. The van der Waals surface area contributed by atoms with Gasteiger partial charge in [0.05, 0.1) is 0 Å². The van der Waals surface area contributed by atoms with Crippen molar-refractivity contribution in [2.24, 2.45) is 17.6 Å². The van der Waals surface area contributed by atoms with Crippen molar-refractivity contribution in [3.8, 4) is 0 Å². The molecule has 0 saturated carbocycles. The topological polar surface area (TPSA) is 75.4 Å². The molecule has 6 heteroatoms. The number of nitrogens with zero attached hydrogens (tertiary/aromatic N) is 1. The lowest BCUT2D eigenvalue weighted by Gasteiger charge is -2.21. The van der Waals surface area contributed by atoms with Crippen molar-refractivity contribution in [2.45, 2.75) is 40.2 Å². The SMILES string of the molecule is CC(C)C(=O)Nc1ccc(C(=O)N(C)CCC(N)C(C)C)cc1.Cl. The highest BCUT2D eigenvalue weighted by molar-refractivity contribution is 5.96. The number of nitrogens with two attached hydrogens (primary N) is 1. The lowest BCUT2D eigenvalue weighted by Crippen LogP contribution is -2.34. The quantitative estimate of drug-likeness (QED) is 0.788. The van der Waals surface area contributed by atoms with E-state index in [9.17, 15) is 9.59 Å². The van der Waals surface area contributed by atoms with Crippen molar-refractivity contribution in [1.82, 2.24) is 4.90 Å². The number of rotatable bonds is 7. The van der Waals surface area contributed by atoms with Crippen LogP contribution in [0, 0.1) is 11.8 Å². The van der Waals surface area contributed by atoms with Crippen LogP contribution in [0.4, 0.5) is 5.69 Å². The fourth-order valence-corrected chi connectivity index (χ4v) is 1.98. The van der Waals surface area contributed by atoms with Gasteiger partial charge in [0.1, 0.15) is 0 Å². The molecule has 0 fully saturated rings. The molecule has 0 spiro atoms. The number of hydrogen-bond donors (Lipinski definition) is 2. The van der Waals surface area contributed by atoms with Gasteiger partial charge in [0, 0.05) is 36.8 Å². The van der Waals surface area contributed by atoms with Crippen molar-refractivity contribution in [2.75, 3.05) is 18.9 Å². The summed E-state index contributed by atoms with van der Waals surface area (Å²) in [7, 11) is 1.78. The van der Waals surface area contributed by atoms with E-state index in [1.165, 1.54) is 0 Å². The summed E-state index contributed by atoms with van der Waals surface area (Å²) in [6.07, 6.45) is 0.780. The summed E-state index contributed by atoms with van der Waals surface area (Å²) in [6.45, 7) is 8.46. The van der Waals surface area contributed by atoms with E-state index >= 15 is 0 Å². The van der Waals surface area contributed by atoms with Gasteiger partial charge in [-0.25, -0.2) is 0 Å². The molecule has 1 aromatic carbocycles. The summed E-state index contributed by atoms with van der Waals surface area (Å²) in [5.41, 5.74) is 7.32. The van der Waals surface area contributed by atoms with Gasteiger partial charge >= 0.3 is 0 Å². The zero-order chi connectivity index (χ0) is 17.6. The predicted octanol–water partition coefficient (Wildman–Crippen LogP) is 3.15. The predicted molar refractivity (Wildman–Crippen MR) is 102 cm³/mol. The third-order valence-electron chi connectivity index (χ3n) is 3.92. The van der Waals surface area contributed by atoms with E-state index in [1.807, 2.05) is 13.8 Å². The first-order valence-corrected chi connectivity index (χ1v) is 8.14. The fraction of sp³-hybridized carbons (Fsp3) is 0.556. The highest BCUT2D eigenvalue weighted by Crippen LogP contribution is 2.13. The molecule has 0 radical (unpaired) electrons. The van der Waals surface area contributed by atoms with Crippen LogP contribution >= 0.6 is 12.4 Å². The Bertz CT molecular complexity index is 530. The molecule has 0 aliphatic heterocycles. The van der Waals surface area contributed by atoms with E-state index < -0.39 is 0 Å². The molecule has 0 saturated heterocycles. The number of carbonyl (C=O) groups is 2. The Morgan fingerprint density at radius 3 is 2.12 bits per heavy atom. The lowest BCUT2D eigenvalue weighted by atomic mass is 10.0. The summed E-state index contributed by atoms with van der Waals surface area (Å²) in [5, 5.41) is 2.81. The minimum absolute atomic E-state index is 0. The monoisotopic (exact) mass is 355 g/mol. The number of carbonyl (C=O) groups excluding carboxylic acids is 2. The molecule has 0 heterocycles. The normalized spacial score (nSPS) is 11.8. The second-order valence-corrected chi connectivity index (χ2v) is 6.64. The van der Waals surface area contributed by atoms with Crippen LogP contribution in [0.2, 0.25) is 0 Å². The maximum atomic E-state index is 12.4. The minimum atomic E-state index is -0.0763. The maximum absolute atomic E-state index is 12.4. The molecule has 2 amide bonds. The maximum Gasteiger partial charge on any atom is 0.253 e. The van der Waals surface area contributed by atoms with Gasteiger partial charge in [0.2, 0.25) is 5.91 Å². The zero-order valence-corrected chi connectivity index (χ0v) is 16.0. The molecule has 1 rings (SSSR count). The van der Waals surface area contributed by atoms with Crippen molar-refractivity contribution in [3.63, 3.8) is 0 Å².